The molecule has 0 spiro atoms. The summed E-state index contributed by atoms with van der Waals surface area (Å²) in [6, 6.07) is 10.2. The molecule has 2 fully saturated rings. The van der Waals surface area contributed by atoms with Gasteiger partial charge in [-0.25, -0.2) is 0 Å². The molecule has 0 aliphatic carbocycles. The summed E-state index contributed by atoms with van der Waals surface area (Å²) in [4.78, 5) is 9.02. The van der Waals surface area contributed by atoms with E-state index in [1.807, 2.05) is 24.4 Å². The van der Waals surface area contributed by atoms with Gasteiger partial charge in [0.15, 0.2) is 5.82 Å². The highest BCUT2D eigenvalue weighted by atomic mass is 16.5. The van der Waals surface area contributed by atoms with Crippen molar-refractivity contribution in [1.82, 2.24) is 20.1 Å². The summed E-state index contributed by atoms with van der Waals surface area (Å²) in [5.74, 6) is 3.28. The normalized spacial score (nSPS) is 22.4. The van der Waals surface area contributed by atoms with E-state index >= 15 is 0 Å². The minimum absolute atomic E-state index is 0.754. The number of rotatable bonds is 3. The first-order valence-corrected chi connectivity index (χ1v) is 9.40. The van der Waals surface area contributed by atoms with E-state index in [-0.39, 0.29) is 0 Å². The third-order valence-electron chi connectivity index (χ3n) is 5.88. The molecule has 6 heteroatoms. The molecule has 0 radical (unpaired) electrons. The number of aromatic nitrogens is 3. The Bertz CT molecular complexity index is 960. The van der Waals surface area contributed by atoms with E-state index in [1.165, 1.54) is 13.1 Å². The molecule has 5 rings (SSSR count). The Labute approximate surface area is 158 Å². The molecule has 0 amide bonds. The highest BCUT2D eigenvalue weighted by Crippen LogP contribution is 2.35. The molecule has 2 aliphatic heterocycles. The fraction of sp³-hybridized carbons (Fsp3) is 0.381. The van der Waals surface area contributed by atoms with E-state index in [1.54, 1.807) is 13.3 Å². The standard InChI is InChI=1S/C21H23N5O/c1-25-10-16-12-26(13-17(16)11-25)21-4-3-19(23-24-21)18-7-15-9-22-6-5-14(15)8-20(18)27-2/h3-9,16-17H,10-13H2,1-2H3/t16-,17+. The van der Waals surface area contributed by atoms with E-state index < -0.39 is 0 Å². The first-order valence-electron chi connectivity index (χ1n) is 9.40. The van der Waals surface area contributed by atoms with Crippen LogP contribution in [0.25, 0.3) is 22.0 Å². The van der Waals surface area contributed by atoms with Crippen molar-refractivity contribution in [2.45, 2.75) is 0 Å². The quantitative estimate of drug-likeness (QED) is 0.715. The van der Waals surface area contributed by atoms with E-state index in [0.717, 1.165) is 58.5 Å². The van der Waals surface area contributed by atoms with Gasteiger partial charge in [-0.2, -0.15) is 0 Å². The minimum Gasteiger partial charge on any atom is -0.496 e. The molecule has 27 heavy (non-hydrogen) atoms. The molecule has 138 valence electrons. The lowest BCUT2D eigenvalue weighted by atomic mass is 10.0. The monoisotopic (exact) mass is 361 g/mol. The molecule has 3 aromatic rings. The fourth-order valence-corrected chi connectivity index (χ4v) is 4.54. The summed E-state index contributed by atoms with van der Waals surface area (Å²) in [6.07, 6.45) is 3.65. The van der Waals surface area contributed by atoms with Crippen LogP contribution in [0.1, 0.15) is 0 Å². The molecule has 0 N–H and O–H groups in total. The number of anilines is 1. The molecular weight excluding hydrogens is 338 g/mol. The van der Waals surface area contributed by atoms with Gasteiger partial charge >= 0.3 is 0 Å². The first kappa shape index (κ1) is 16.4. The zero-order valence-corrected chi connectivity index (χ0v) is 15.7. The summed E-state index contributed by atoms with van der Waals surface area (Å²) < 4.78 is 5.59. The Kier molecular flexibility index (Phi) is 3.93. The number of likely N-dealkylation sites (tertiary alicyclic amines) is 1. The van der Waals surface area contributed by atoms with Gasteiger partial charge in [-0.15, -0.1) is 10.2 Å². The maximum Gasteiger partial charge on any atom is 0.151 e. The molecule has 2 aromatic heterocycles. The summed E-state index contributed by atoms with van der Waals surface area (Å²) in [7, 11) is 3.90. The Hall–Kier alpha value is -2.73. The average molecular weight is 361 g/mol. The van der Waals surface area contributed by atoms with Crippen molar-refractivity contribution in [3.63, 3.8) is 0 Å². The number of ether oxygens (including phenoxy) is 1. The van der Waals surface area contributed by atoms with Gasteiger partial charge in [-0.3, -0.25) is 4.98 Å². The predicted octanol–water partition coefficient (Wildman–Crippen LogP) is 2.70. The zero-order chi connectivity index (χ0) is 18.4. The highest BCUT2D eigenvalue weighted by Gasteiger charge is 2.39. The van der Waals surface area contributed by atoms with E-state index in [2.05, 4.69) is 44.2 Å². The number of pyridine rings is 1. The number of methoxy groups -OCH3 is 1. The van der Waals surface area contributed by atoms with Gasteiger partial charge in [0.1, 0.15) is 5.75 Å². The molecule has 1 aromatic carbocycles. The van der Waals surface area contributed by atoms with Crippen LogP contribution in [0.4, 0.5) is 5.82 Å². The Balaban J connectivity index is 1.43. The Morgan fingerprint density at radius 2 is 1.78 bits per heavy atom. The van der Waals surface area contributed by atoms with Crippen LogP contribution >= 0.6 is 0 Å². The predicted molar refractivity (Wildman–Crippen MR) is 106 cm³/mol. The lowest BCUT2D eigenvalue weighted by molar-refractivity contribution is 0.387. The molecule has 0 bridgehead atoms. The number of hydrogen-bond donors (Lipinski definition) is 0. The molecule has 2 aliphatic rings. The molecule has 2 saturated heterocycles. The van der Waals surface area contributed by atoms with Crippen LogP contribution in [0, 0.1) is 11.8 Å². The number of fused-ring (bicyclic) bond motifs is 2. The second-order valence-electron chi connectivity index (χ2n) is 7.70. The van der Waals surface area contributed by atoms with Gasteiger partial charge < -0.3 is 14.5 Å². The Morgan fingerprint density at radius 3 is 2.48 bits per heavy atom. The van der Waals surface area contributed by atoms with Crippen molar-refractivity contribution >= 4 is 16.6 Å². The third-order valence-corrected chi connectivity index (χ3v) is 5.88. The van der Waals surface area contributed by atoms with E-state index in [4.69, 9.17) is 4.74 Å². The van der Waals surface area contributed by atoms with Gasteiger partial charge in [-0.1, -0.05) is 0 Å². The van der Waals surface area contributed by atoms with Gasteiger partial charge in [-0.05, 0) is 54.6 Å². The minimum atomic E-state index is 0.754. The lowest BCUT2D eigenvalue weighted by Crippen LogP contribution is -2.27. The SMILES string of the molecule is COc1cc2ccncc2cc1-c1ccc(N2C[C@H]3CN(C)C[C@H]3C2)nn1. The second kappa shape index (κ2) is 6.46. The summed E-state index contributed by atoms with van der Waals surface area (Å²) in [5.41, 5.74) is 1.76. The second-order valence-corrected chi connectivity index (χ2v) is 7.70. The smallest absolute Gasteiger partial charge is 0.151 e. The molecule has 0 saturated carbocycles. The van der Waals surface area contributed by atoms with Crippen molar-refractivity contribution in [3.05, 3.63) is 42.7 Å². The lowest BCUT2D eigenvalue weighted by Gasteiger charge is -2.20. The van der Waals surface area contributed by atoms with Crippen molar-refractivity contribution in [2.24, 2.45) is 11.8 Å². The van der Waals surface area contributed by atoms with Crippen LogP contribution < -0.4 is 9.64 Å². The summed E-state index contributed by atoms with van der Waals surface area (Å²) in [5, 5.41) is 11.2. The van der Waals surface area contributed by atoms with Gasteiger partial charge in [0, 0.05) is 49.5 Å². The molecule has 0 unspecified atom stereocenters. The zero-order valence-electron chi connectivity index (χ0n) is 15.7. The highest BCUT2D eigenvalue weighted by molar-refractivity contribution is 5.89. The number of benzene rings is 1. The maximum atomic E-state index is 5.59. The molecule has 2 atom stereocenters. The number of nitrogens with zero attached hydrogens (tertiary/aromatic N) is 5. The van der Waals surface area contributed by atoms with Crippen LogP contribution in [-0.4, -0.2) is 60.4 Å². The third kappa shape index (κ3) is 2.90. The first-order chi connectivity index (χ1) is 13.2. The Morgan fingerprint density at radius 1 is 0.963 bits per heavy atom. The molecule has 4 heterocycles. The number of hydrogen-bond acceptors (Lipinski definition) is 6. The van der Waals surface area contributed by atoms with Crippen molar-refractivity contribution in [2.75, 3.05) is 45.2 Å². The maximum absolute atomic E-state index is 5.59. The van der Waals surface area contributed by atoms with Gasteiger partial charge in [0.05, 0.1) is 12.8 Å². The van der Waals surface area contributed by atoms with Gasteiger partial charge in [0.25, 0.3) is 0 Å². The van der Waals surface area contributed by atoms with Crippen LogP contribution in [0.3, 0.4) is 0 Å². The molecule has 6 nitrogen and oxygen atoms in total. The largest absolute Gasteiger partial charge is 0.496 e. The topological polar surface area (TPSA) is 54.4 Å². The summed E-state index contributed by atoms with van der Waals surface area (Å²) in [6.45, 7) is 4.53. The van der Waals surface area contributed by atoms with Crippen molar-refractivity contribution in [3.8, 4) is 17.0 Å². The van der Waals surface area contributed by atoms with Crippen LogP contribution in [0.2, 0.25) is 0 Å². The van der Waals surface area contributed by atoms with E-state index in [9.17, 15) is 0 Å². The van der Waals surface area contributed by atoms with Crippen LogP contribution in [-0.2, 0) is 0 Å². The van der Waals surface area contributed by atoms with Crippen molar-refractivity contribution in [1.29, 1.82) is 0 Å². The van der Waals surface area contributed by atoms with E-state index in [0.29, 0.717) is 0 Å². The van der Waals surface area contributed by atoms with Crippen LogP contribution in [0.15, 0.2) is 42.7 Å². The van der Waals surface area contributed by atoms with Crippen molar-refractivity contribution < 1.29 is 4.74 Å². The van der Waals surface area contributed by atoms with Gasteiger partial charge in [0.2, 0.25) is 0 Å². The summed E-state index contributed by atoms with van der Waals surface area (Å²) >= 11 is 0. The average Bonchev–Trinajstić information content (AvgIpc) is 3.24. The van der Waals surface area contributed by atoms with Crippen LogP contribution in [0.5, 0.6) is 5.75 Å². The molecular formula is C21H23N5O. The fourth-order valence-electron chi connectivity index (χ4n) is 4.54.